The molecule has 2 aromatic heterocycles. The zero-order chi connectivity index (χ0) is 22.9. The lowest BCUT2D eigenvalue weighted by Gasteiger charge is -2.27. The maximum atomic E-state index is 12.9. The molecule has 5 rings (SSSR count). The average molecular weight is 442 g/mol. The number of carbonyl (C=O) groups is 1. The van der Waals surface area contributed by atoms with Crippen LogP contribution < -0.4 is 5.32 Å². The lowest BCUT2D eigenvalue weighted by atomic mass is 10.1. The van der Waals surface area contributed by atoms with E-state index in [1.807, 2.05) is 59.1 Å². The number of fused-ring (bicyclic) bond motifs is 1. The van der Waals surface area contributed by atoms with Crippen molar-refractivity contribution in [2.24, 2.45) is 0 Å². The number of aryl methyl sites for hydroxylation is 3. The molecule has 1 amide bonds. The van der Waals surface area contributed by atoms with Gasteiger partial charge in [-0.1, -0.05) is 6.07 Å². The zero-order valence-electron chi connectivity index (χ0n) is 19.1. The molecule has 7 nitrogen and oxygen atoms in total. The van der Waals surface area contributed by atoms with Crippen molar-refractivity contribution in [3.05, 3.63) is 77.1 Å². The fraction of sp³-hybridized carbons (Fsp3) is 0.269. The second kappa shape index (κ2) is 8.67. The average Bonchev–Trinajstić information content (AvgIpc) is 3.25. The Morgan fingerprint density at radius 1 is 0.970 bits per heavy atom. The molecule has 1 fully saturated rings. The highest BCUT2D eigenvalue weighted by Crippen LogP contribution is 2.24. The monoisotopic (exact) mass is 441 g/mol. The number of ether oxygens (including phenoxy) is 1. The highest BCUT2D eigenvalue weighted by Gasteiger charge is 2.20. The van der Waals surface area contributed by atoms with Crippen LogP contribution in [0.15, 0.2) is 54.9 Å². The van der Waals surface area contributed by atoms with Crippen LogP contribution in [0.4, 0.5) is 11.6 Å². The number of nitrogens with one attached hydrogen (secondary N) is 1. The van der Waals surface area contributed by atoms with Gasteiger partial charge in [-0.3, -0.25) is 4.79 Å². The third kappa shape index (κ3) is 4.19. The largest absolute Gasteiger partial charge is 0.378 e. The van der Waals surface area contributed by atoms with E-state index in [4.69, 9.17) is 9.72 Å². The third-order valence-electron chi connectivity index (χ3n) is 6.21. The number of rotatable bonds is 4. The van der Waals surface area contributed by atoms with Crippen molar-refractivity contribution in [2.45, 2.75) is 20.8 Å². The van der Waals surface area contributed by atoms with Gasteiger partial charge in [-0.15, -0.1) is 0 Å². The number of anilines is 2. The van der Waals surface area contributed by atoms with Gasteiger partial charge >= 0.3 is 0 Å². The van der Waals surface area contributed by atoms with Crippen LogP contribution in [0.5, 0.6) is 0 Å². The fourth-order valence-electron chi connectivity index (χ4n) is 4.11. The van der Waals surface area contributed by atoms with Crippen LogP contribution in [0.3, 0.4) is 0 Å². The first-order valence-electron chi connectivity index (χ1n) is 11.2. The molecule has 1 N–H and O–H groups in total. The Labute approximate surface area is 193 Å². The van der Waals surface area contributed by atoms with E-state index in [0.29, 0.717) is 32.3 Å². The number of nitrogens with zero attached hydrogens (tertiary/aromatic N) is 4. The molecule has 1 saturated heterocycles. The Hall–Kier alpha value is -3.71. The summed E-state index contributed by atoms with van der Waals surface area (Å²) in [6, 6.07) is 14.1. The van der Waals surface area contributed by atoms with Crippen molar-refractivity contribution in [1.29, 1.82) is 0 Å². The third-order valence-corrected chi connectivity index (χ3v) is 6.21. The molecular formula is C26H27N5O2. The maximum Gasteiger partial charge on any atom is 0.254 e. The summed E-state index contributed by atoms with van der Waals surface area (Å²) in [5, 5.41) is 4.26. The molecule has 0 saturated carbocycles. The molecule has 168 valence electrons. The number of hydrogen-bond donors (Lipinski definition) is 1. The highest BCUT2D eigenvalue weighted by molar-refractivity contribution is 5.96. The molecule has 1 aliphatic rings. The predicted octanol–water partition coefficient (Wildman–Crippen LogP) is 4.56. The van der Waals surface area contributed by atoms with Crippen LogP contribution >= 0.6 is 0 Å². The number of benzene rings is 2. The molecule has 4 aromatic rings. The Bertz CT molecular complexity index is 1340. The van der Waals surface area contributed by atoms with Crippen molar-refractivity contribution < 1.29 is 9.53 Å². The minimum absolute atomic E-state index is 0.0573. The first-order chi connectivity index (χ1) is 16.0. The van der Waals surface area contributed by atoms with Gasteiger partial charge in [-0.25, -0.2) is 4.98 Å². The minimum atomic E-state index is 0.0573. The lowest BCUT2D eigenvalue weighted by Crippen LogP contribution is -2.40. The molecule has 0 atom stereocenters. The highest BCUT2D eigenvalue weighted by atomic mass is 16.5. The summed E-state index contributed by atoms with van der Waals surface area (Å²) in [5.74, 6) is 0.600. The molecule has 33 heavy (non-hydrogen) atoms. The van der Waals surface area contributed by atoms with Crippen LogP contribution in [0, 0.1) is 20.8 Å². The van der Waals surface area contributed by atoms with E-state index in [0.717, 1.165) is 33.5 Å². The zero-order valence-corrected chi connectivity index (χ0v) is 19.1. The van der Waals surface area contributed by atoms with Gasteiger partial charge in [0, 0.05) is 47.8 Å². The van der Waals surface area contributed by atoms with Crippen LogP contribution in [0.1, 0.15) is 27.0 Å². The fourth-order valence-corrected chi connectivity index (χ4v) is 4.11. The Balaban J connectivity index is 1.44. The summed E-state index contributed by atoms with van der Waals surface area (Å²) in [5.41, 5.74) is 6.85. The molecule has 1 aliphatic heterocycles. The van der Waals surface area contributed by atoms with Gasteiger partial charge in [0.25, 0.3) is 5.91 Å². The summed E-state index contributed by atoms with van der Waals surface area (Å²) in [7, 11) is 0. The molecule has 7 heteroatoms. The topological polar surface area (TPSA) is 72.3 Å². The first kappa shape index (κ1) is 21.2. The van der Waals surface area contributed by atoms with Gasteiger partial charge in [0.15, 0.2) is 0 Å². The standard InChI is InChI=1S/C26H27N5O2/c1-17-4-5-21(14-18(17)2)28-26-27-16-20-8-9-31(24(20)29-26)22-6-7-23(19(3)15-22)25(32)30-10-12-33-13-11-30/h4-9,14-16H,10-13H2,1-3H3,(H,27,28,29). The molecule has 2 aromatic carbocycles. The Kier molecular flexibility index (Phi) is 5.56. The second-order valence-corrected chi connectivity index (χ2v) is 8.49. The maximum absolute atomic E-state index is 12.9. The SMILES string of the molecule is Cc1ccc(Nc2ncc3ccn(-c4ccc(C(=O)N5CCOCC5)c(C)c4)c3n2)cc1C. The van der Waals surface area contributed by atoms with Crippen molar-refractivity contribution in [1.82, 2.24) is 19.4 Å². The molecular weight excluding hydrogens is 414 g/mol. The van der Waals surface area contributed by atoms with Gasteiger partial charge in [0.1, 0.15) is 5.65 Å². The smallest absolute Gasteiger partial charge is 0.254 e. The number of carbonyl (C=O) groups excluding carboxylic acids is 1. The number of amides is 1. The number of aromatic nitrogens is 3. The number of morpholine rings is 1. The molecule has 0 aliphatic carbocycles. The van der Waals surface area contributed by atoms with Crippen LogP contribution in [-0.4, -0.2) is 51.6 Å². The summed E-state index contributed by atoms with van der Waals surface area (Å²) in [6.45, 7) is 8.62. The van der Waals surface area contributed by atoms with Crippen LogP contribution in [0.2, 0.25) is 0 Å². The Morgan fingerprint density at radius 2 is 1.79 bits per heavy atom. The lowest BCUT2D eigenvalue weighted by molar-refractivity contribution is 0.0302. The normalized spacial score (nSPS) is 14.0. The van der Waals surface area contributed by atoms with E-state index in [9.17, 15) is 4.79 Å². The summed E-state index contributed by atoms with van der Waals surface area (Å²) in [4.78, 5) is 24.0. The molecule has 0 spiro atoms. The van der Waals surface area contributed by atoms with Gasteiger partial charge in [-0.2, -0.15) is 4.98 Å². The first-order valence-corrected chi connectivity index (χ1v) is 11.2. The molecule has 3 heterocycles. The van der Waals surface area contributed by atoms with Crippen molar-refractivity contribution >= 4 is 28.6 Å². The molecule has 0 unspecified atom stereocenters. The number of hydrogen-bond acceptors (Lipinski definition) is 5. The van der Waals surface area contributed by atoms with E-state index in [1.165, 1.54) is 11.1 Å². The van der Waals surface area contributed by atoms with Crippen LogP contribution in [-0.2, 0) is 4.74 Å². The quantitative estimate of drug-likeness (QED) is 0.503. The molecule has 0 bridgehead atoms. The van der Waals surface area contributed by atoms with Gasteiger partial charge in [-0.05, 0) is 73.9 Å². The van der Waals surface area contributed by atoms with Gasteiger partial charge in [0.2, 0.25) is 5.95 Å². The second-order valence-electron chi connectivity index (χ2n) is 8.49. The summed E-state index contributed by atoms with van der Waals surface area (Å²) >= 11 is 0. The van der Waals surface area contributed by atoms with E-state index < -0.39 is 0 Å². The van der Waals surface area contributed by atoms with Crippen molar-refractivity contribution in [2.75, 3.05) is 31.6 Å². The van der Waals surface area contributed by atoms with Gasteiger partial charge in [0.05, 0.1) is 13.2 Å². The molecule has 0 radical (unpaired) electrons. The minimum Gasteiger partial charge on any atom is -0.378 e. The summed E-state index contributed by atoms with van der Waals surface area (Å²) in [6.07, 6.45) is 3.81. The van der Waals surface area contributed by atoms with Crippen molar-refractivity contribution in [3.8, 4) is 5.69 Å². The van der Waals surface area contributed by atoms with Gasteiger partial charge < -0.3 is 19.5 Å². The predicted molar refractivity (Wildman–Crippen MR) is 130 cm³/mol. The van der Waals surface area contributed by atoms with E-state index >= 15 is 0 Å². The van der Waals surface area contributed by atoms with Crippen LogP contribution in [0.25, 0.3) is 16.7 Å². The van der Waals surface area contributed by atoms with E-state index in [2.05, 4.69) is 36.3 Å². The Morgan fingerprint density at radius 3 is 2.55 bits per heavy atom. The van der Waals surface area contributed by atoms with E-state index in [-0.39, 0.29) is 5.91 Å². The van der Waals surface area contributed by atoms with E-state index in [1.54, 1.807) is 0 Å². The summed E-state index contributed by atoms with van der Waals surface area (Å²) < 4.78 is 7.39. The van der Waals surface area contributed by atoms with Crippen molar-refractivity contribution in [3.63, 3.8) is 0 Å².